The topological polar surface area (TPSA) is 50.7 Å². The number of ether oxygens (including phenoxy) is 2. The summed E-state index contributed by atoms with van der Waals surface area (Å²) in [6, 6.07) is 7.05. The summed E-state index contributed by atoms with van der Waals surface area (Å²) in [6.45, 7) is 6.98. The van der Waals surface area contributed by atoms with Gasteiger partial charge in [-0.25, -0.2) is 0 Å². The summed E-state index contributed by atoms with van der Waals surface area (Å²) >= 11 is 0. The van der Waals surface area contributed by atoms with Crippen LogP contribution in [0.1, 0.15) is 19.4 Å². The fraction of sp³-hybridized carbons (Fsp3) is 0.571. The molecule has 1 atom stereocenters. The largest absolute Gasteiger partial charge is 0.508 e. The molecular weight excluding hydrogens is 230 g/mol. The Morgan fingerprint density at radius 3 is 2.78 bits per heavy atom. The van der Waals surface area contributed by atoms with E-state index in [9.17, 15) is 5.11 Å². The Kier molecular flexibility index (Phi) is 4.22. The molecule has 1 unspecified atom stereocenters. The van der Waals surface area contributed by atoms with Crippen LogP contribution in [0.5, 0.6) is 5.75 Å². The number of phenols is 1. The number of nitrogens with one attached hydrogen (secondary N) is 1. The maximum atomic E-state index is 9.17. The molecule has 18 heavy (non-hydrogen) atoms. The Hall–Kier alpha value is -1.10. The zero-order valence-corrected chi connectivity index (χ0v) is 11.0. The third-order valence-corrected chi connectivity index (χ3v) is 2.92. The predicted octanol–water partition coefficient (Wildman–Crippen LogP) is 1.68. The highest BCUT2D eigenvalue weighted by atomic mass is 16.5. The molecule has 0 saturated carbocycles. The van der Waals surface area contributed by atoms with Crippen LogP contribution >= 0.6 is 0 Å². The van der Waals surface area contributed by atoms with E-state index in [-0.39, 0.29) is 17.5 Å². The van der Waals surface area contributed by atoms with E-state index in [4.69, 9.17) is 9.47 Å². The third kappa shape index (κ3) is 3.98. The molecule has 2 N–H and O–H groups in total. The highest BCUT2D eigenvalue weighted by Crippen LogP contribution is 2.16. The second-order valence-electron chi connectivity index (χ2n) is 5.31. The van der Waals surface area contributed by atoms with Gasteiger partial charge in [0.2, 0.25) is 0 Å². The van der Waals surface area contributed by atoms with Crippen LogP contribution in [0.15, 0.2) is 24.3 Å². The van der Waals surface area contributed by atoms with Gasteiger partial charge in [-0.2, -0.15) is 0 Å². The summed E-state index contributed by atoms with van der Waals surface area (Å²) in [4.78, 5) is 0. The van der Waals surface area contributed by atoms with Crippen molar-refractivity contribution < 1.29 is 14.6 Å². The van der Waals surface area contributed by atoms with Crippen LogP contribution in [0.4, 0.5) is 0 Å². The standard InChI is InChI=1S/C14H21NO3/c1-14(2)10-15-7-13(18-14)9-17-8-11-3-5-12(16)6-4-11/h3-6,13,15-16H,7-10H2,1-2H3. The number of rotatable bonds is 4. The average molecular weight is 251 g/mol. The van der Waals surface area contributed by atoms with Crippen LogP contribution in [0.3, 0.4) is 0 Å². The van der Waals surface area contributed by atoms with E-state index in [0.29, 0.717) is 13.2 Å². The van der Waals surface area contributed by atoms with Crippen molar-refractivity contribution in [3.05, 3.63) is 29.8 Å². The first-order chi connectivity index (χ1) is 8.55. The van der Waals surface area contributed by atoms with Gasteiger partial charge in [0.1, 0.15) is 5.75 Å². The van der Waals surface area contributed by atoms with Gasteiger partial charge < -0.3 is 19.9 Å². The molecule has 0 aliphatic carbocycles. The van der Waals surface area contributed by atoms with Crippen molar-refractivity contribution in [1.29, 1.82) is 0 Å². The first kappa shape index (κ1) is 13.3. The van der Waals surface area contributed by atoms with Crippen molar-refractivity contribution in [1.82, 2.24) is 5.32 Å². The summed E-state index contributed by atoms with van der Waals surface area (Å²) in [5, 5.41) is 12.5. The van der Waals surface area contributed by atoms with Gasteiger partial charge in [-0.05, 0) is 31.5 Å². The van der Waals surface area contributed by atoms with Gasteiger partial charge in [-0.1, -0.05) is 12.1 Å². The lowest BCUT2D eigenvalue weighted by molar-refractivity contribution is -0.122. The normalized spacial score (nSPS) is 22.9. The van der Waals surface area contributed by atoms with Gasteiger partial charge in [0.25, 0.3) is 0 Å². The molecule has 0 bridgehead atoms. The lowest BCUT2D eigenvalue weighted by atomic mass is 10.1. The number of hydrogen-bond acceptors (Lipinski definition) is 4. The zero-order chi connectivity index (χ0) is 13.0. The lowest BCUT2D eigenvalue weighted by Crippen LogP contribution is -2.51. The fourth-order valence-corrected chi connectivity index (χ4v) is 2.06. The average Bonchev–Trinajstić information content (AvgIpc) is 2.30. The van der Waals surface area contributed by atoms with Crippen molar-refractivity contribution in [2.45, 2.75) is 32.2 Å². The Balaban J connectivity index is 1.73. The zero-order valence-electron chi connectivity index (χ0n) is 11.0. The number of hydrogen-bond donors (Lipinski definition) is 2. The van der Waals surface area contributed by atoms with Gasteiger partial charge in [-0.15, -0.1) is 0 Å². The van der Waals surface area contributed by atoms with E-state index in [1.165, 1.54) is 0 Å². The summed E-state index contributed by atoms with van der Waals surface area (Å²) in [5.74, 6) is 0.278. The summed E-state index contributed by atoms with van der Waals surface area (Å²) < 4.78 is 11.5. The third-order valence-electron chi connectivity index (χ3n) is 2.92. The molecule has 1 fully saturated rings. The van der Waals surface area contributed by atoms with Gasteiger partial charge in [0.05, 0.1) is 24.9 Å². The SMILES string of the molecule is CC1(C)CNCC(COCc2ccc(O)cc2)O1. The van der Waals surface area contributed by atoms with Crippen molar-refractivity contribution in [2.75, 3.05) is 19.7 Å². The molecule has 0 radical (unpaired) electrons. The Morgan fingerprint density at radius 2 is 2.11 bits per heavy atom. The molecule has 1 aliphatic heterocycles. The van der Waals surface area contributed by atoms with E-state index in [0.717, 1.165) is 18.7 Å². The molecule has 1 aromatic carbocycles. The molecule has 0 aromatic heterocycles. The lowest BCUT2D eigenvalue weighted by Gasteiger charge is -2.36. The smallest absolute Gasteiger partial charge is 0.115 e. The van der Waals surface area contributed by atoms with Crippen molar-refractivity contribution in [2.24, 2.45) is 0 Å². The number of morpholine rings is 1. The van der Waals surface area contributed by atoms with Crippen LogP contribution in [0.2, 0.25) is 0 Å². The van der Waals surface area contributed by atoms with Gasteiger partial charge in [-0.3, -0.25) is 0 Å². The second-order valence-corrected chi connectivity index (χ2v) is 5.31. The van der Waals surface area contributed by atoms with Crippen LogP contribution < -0.4 is 5.32 Å². The van der Waals surface area contributed by atoms with Crippen LogP contribution in [-0.2, 0) is 16.1 Å². The minimum atomic E-state index is -0.120. The summed E-state index contributed by atoms with van der Waals surface area (Å²) in [7, 11) is 0. The molecule has 0 spiro atoms. The molecule has 1 aromatic rings. The van der Waals surface area contributed by atoms with Crippen molar-refractivity contribution in [3.8, 4) is 5.75 Å². The van der Waals surface area contributed by atoms with E-state index < -0.39 is 0 Å². The maximum Gasteiger partial charge on any atom is 0.115 e. The second kappa shape index (κ2) is 5.69. The molecule has 0 amide bonds. The molecule has 2 rings (SSSR count). The first-order valence-electron chi connectivity index (χ1n) is 6.29. The molecule has 1 heterocycles. The number of aromatic hydroxyl groups is 1. The molecule has 4 heteroatoms. The Bertz CT molecular complexity index is 375. The predicted molar refractivity (Wildman–Crippen MR) is 69.6 cm³/mol. The van der Waals surface area contributed by atoms with Crippen LogP contribution in [-0.4, -0.2) is 36.5 Å². The number of benzene rings is 1. The summed E-state index contributed by atoms with van der Waals surface area (Å²) in [6.07, 6.45) is 0.103. The highest BCUT2D eigenvalue weighted by Gasteiger charge is 2.28. The van der Waals surface area contributed by atoms with Gasteiger partial charge in [0.15, 0.2) is 0 Å². The quantitative estimate of drug-likeness (QED) is 0.855. The van der Waals surface area contributed by atoms with Crippen LogP contribution in [0, 0.1) is 0 Å². The minimum absolute atomic E-state index is 0.103. The minimum Gasteiger partial charge on any atom is -0.508 e. The van der Waals surface area contributed by atoms with E-state index in [1.807, 2.05) is 12.1 Å². The molecular formula is C14H21NO3. The van der Waals surface area contributed by atoms with Gasteiger partial charge >= 0.3 is 0 Å². The molecule has 4 nitrogen and oxygen atoms in total. The molecule has 1 aliphatic rings. The van der Waals surface area contributed by atoms with Gasteiger partial charge in [0, 0.05) is 13.1 Å². The highest BCUT2D eigenvalue weighted by molar-refractivity contribution is 5.25. The summed E-state index contributed by atoms with van der Waals surface area (Å²) in [5.41, 5.74) is 0.931. The van der Waals surface area contributed by atoms with Crippen molar-refractivity contribution in [3.63, 3.8) is 0 Å². The first-order valence-corrected chi connectivity index (χ1v) is 6.29. The Labute approximate surface area is 108 Å². The Morgan fingerprint density at radius 1 is 1.39 bits per heavy atom. The van der Waals surface area contributed by atoms with Crippen molar-refractivity contribution >= 4 is 0 Å². The van der Waals surface area contributed by atoms with E-state index in [1.54, 1.807) is 12.1 Å². The number of phenolic OH excluding ortho intramolecular Hbond substituents is 1. The molecule has 1 saturated heterocycles. The molecule has 100 valence electrons. The van der Waals surface area contributed by atoms with Crippen LogP contribution in [0.25, 0.3) is 0 Å². The monoisotopic (exact) mass is 251 g/mol. The van der Waals surface area contributed by atoms with E-state index in [2.05, 4.69) is 19.2 Å². The fourth-order valence-electron chi connectivity index (χ4n) is 2.06. The maximum absolute atomic E-state index is 9.17. The van der Waals surface area contributed by atoms with E-state index >= 15 is 0 Å².